The highest BCUT2D eigenvalue weighted by molar-refractivity contribution is 5.95. The zero-order valence-corrected chi connectivity index (χ0v) is 9.76. The van der Waals surface area contributed by atoms with Crippen molar-refractivity contribution in [3.8, 4) is 0 Å². The topological polar surface area (TPSA) is 34.1 Å². The highest BCUT2D eigenvalue weighted by Gasteiger charge is 2.75. The lowest BCUT2D eigenvalue weighted by atomic mass is 9.73. The van der Waals surface area contributed by atoms with E-state index in [2.05, 4.69) is 12.2 Å². The SMILES string of the molecule is O=C1CC2CC3CC(=O)C45C=CCC4C1C2C35. The molecule has 0 aromatic carbocycles. The smallest absolute Gasteiger partial charge is 0.143 e. The van der Waals surface area contributed by atoms with Crippen LogP contribution in [0.2, 0.25) is 0 Å². The number of rotatable bonds is 0. The van der Waals surface area contributed by atoms with Crippen LogP contribution in [0, 0.1) is 40.9 Å². The molecule has 17 heavy (non-hydrogen) atoms. The summed E-state index contributed by atoms with van der Waals surface area (Å²) >= 11 is 0. The van der Waals surface area contributed by atoms with Gasteiger partial charge in [0.25, 0.3) is 0 Å². The summed E-state index contributed by atoms with van der Waals surface area (Å²) in [6.45, 7) is 0. The van der Waals surface area contributed by atoms with E-state index in [1.54, 1.807) is 0 Å². The second kappa shape index (κ2) is 2.43. The molecule has 0 aromatic rings. The maximum Gasteiger partial charge on any atom is 0.143 e. The third-order valence-electron chi connectivity index (χ3n) is 6.64. The third-order valence-corrected chi connectivity index (χ3v) is 6.64. The first kappa shape index (κ1) is 9.07. The third kappa shape index (κ3) is 0.715. The van der Waals surface area contributed by atoms with Crippen LogP contribution >= 0.6 is 0 Å². The molecular weight excluding hydrogens is 212 g/mol. The number of Topliss-reactive ketones (excluding diaryl/α,β-unsaturated/α-hetero) is 2. The fourth-order valence-electron chi connectivity index (χ4n) is 6.49. The van der Waals surface area contributed by atoms with Crippen molar-refractivity contribution >= 4 is 11.6 Å². The number of allylic oxidation sites excluding steroid dienone is 2. The Bertz CT molecular complexity index is 491. The summed E-state index contributed by atoms with van der Waals surface area (Å²) in [7, 11) is 0. The molecule has 4 fully saturated rings. The first-order chi connectivity index (χ1) is 8.23. The number of ketones is 2. The Morgan fingerprint density at radius 1 is 1.18 bits per heavy atom. The van der Waals surface area contributed by atoms with Gasteiger partial charge in [0.05, 0.1) is 5.41 Å². The van der Waals surface area contributed by atoms with E-state index < -0.39 is 0 Å². The van der Waals surface area contributed by atoms with Crippen molar-refractivity contribution in [1.29, 1.82) is 0 Å². The predicted octanol–water partition coefficient (Wildman–Crippen LogP) is 1.99. The van der Waals surface area contributed by atoms with Crippen molar-refractivity contribution in [2.24, 2.45) is 40.9 Å². The number of carbonyl (C=O) groups excluding carboxylic acids is 2. The van der Waals surface area contributed by atoms with Crippen molar-refractivity contribution in [1.82, 2.24) is 0 Å². The molecule has 4 saturated carbocycles. The monoisotopic (exact) mass is 228 g/mol. The summed E-state index contributed by atoms with van der Waals surface area (Å²) in [5.41, 5.74) is -0.176. The summed E-state index contributed by atoms with van der Waals surface area (Å²) in [5.74, 6) is 3.91. The number of hydrogen-bond donors (Lipinski definition) is 0. The minimum Gasteiger partial charge on any atom is -0.299 e. The van der Waals surface area contributed by atoms with Gasteiger partial charge in [0.2, 0.25) is 0 Å². The van der Waals surface area contributed by atoms with E-state index in [1.807, 2.05) is 0 Å². The Kier molecular flexibility index (Phi) is 1.30. The fourth-order valence-corrected chi connectivity index (χ4v) is 6.49. The molecule has 88 valence electrons. The van der Waals surface area contributed by atoms with Crippen LogP contribution < -0.4 is 0 Å². The first-order valence-corrected chi connectivity index (χ1v) is 6.97. The normalized spacial score (nSPS) is 61.4. The zero-order chi connectivity index (χ0) is 11.4. The molecule has 0 radical (unpaired) electrons. The van der Waals surface area contributed by atoms with Gasteiger partial charge in [0.1, 0.15) is 11.6 Å². The van der Waals surface area contributed by atoms with Crippen molar-refractivity contribution < 1.29 is 9.59 Å². The molecule has 5 aliphatic carbocycles. The van der Waals surface area contributed by atoms with E-state index in [1.165, 1.54) is 0 Å². The Morgan fingerprint density at radius 3 is 2.94 bits per heavy atom. The van der Waals surface area contributed by atoms with Crippen molar-refractivity contribution in [2.45, 2.75) is 25.7 Å². The lowest BCUT2D eigenvalue weighted by Crippen LogP contribution is -2.33. The van der Waals surface area contributed by atoms with Gasteiger partial charge in [-0.3, -0.25) is 9.59 Å². The Balaban J connectivity index is 1.78. The van der Waals surface area contributed by atoms with Crippen LogP contribution in [0.5, 0.6) is 0 Å². The average Bonchev–Trinajstić information content (AvgIpc) is 2.93. The van der Waals surface area contributed by atoms with Crippen molar-refractivity contribution in [3.63, 3.8) is 0 Å². The molecule has 0 saturated heterocycles. The molecule has 5 aliphatic rings. The van der Waals surface area contributed by atoms with Crippen molar-refractivity contribution in [3.05, 3.63) is 12.2 Å². The molecule has 0 heterocycles. The molecule has 7 atom stereocenters. The summed E-state index contributed by atoms with van der Waals surface area (Å²) < 4.78 is 0. The van der Waals surface area contributed by atoms with Crippen LogP contribution in [0.4, 0.5) is 0 Å². The van der Waals surface area contributed by atoms with Crippen molar-refractivity contribution in [2.75, 3.05) is 0 Å². The largest absolute Gasteiger partial charge is 0.299 e. The lowest BCUT2D eigenvalue weighted by Gasteiger charge is -2.28. The second-order valence-corrected chi connectivity index (χ2v) is 6.86. The maximum absolute atomic E-state index is 12.5. The molecule has 0 amide bonds. The molecule has 0 bridgehead atoms. The number of carbonyl (C=O) groups is 2. The van der Waals surface area contributed by atoms with Gasteiger partial charge in [0.15, 0.2) is 0 Å². The average molecular weight is 228 g/mol. The molecule has 1 spiro atoms. The first-order valence-electron chi connectivity index (χ1n) is 6.97. The highest BCUT2D eigenvalue weighted by Crippen LogP contribution is 2.74. The number of fused-ring (bicyclic) bond motifs is 1. The van der Waals surface area contributed by atoms with Gasteiger partial charge in [-0.15, -0.1) is 0 Å². The fraction of sp³-hybridized carbons (Fsp3) is 0.733. The van der Waals surface area contributed by atoms with E-state index >= 15 is 0 Å². The van der Waals surface area contributed by atoms with Gasteiger partial charge in [-0.2, -0.15) is 0 Å². The van der Waals surface area contributed by atoms with E-state index in [0.717, 1.165) is 25.7 Å². The van der Waals surface area contributed by atoms with Crippen LogP contribution in [0.25, 0.3) is 0 Å². The summed E-state index contributed by atoms with van der Waals surface area (Å²) in [6, 6.07) is 0. The molecular formula is C15H16O2. The second-order valence-electron chi connectivity index (χ2n) is 6.86. The van der Waals surface area contributed by atoms with E-state index in [-0.39, 0.29) is 11.3 Å². The lowest BCUT2D eigenvalue weighted by molar-refractivity contribution is -0.127. The molecule has 0 N–H and O–H groups in total. The number of hydrogen-bond acceptors (Lipinski definition) is 2. The van der Waals surface area contributed by atoms with Crippen LogP contribution in [0.1, 0.15) is 25.7 Å². The zero-order valence-electron chi connectivity index (χ0n) is 9.76. The van der Waals surface area contributed by atoms with E-state index in [4.69, 9.17) is 0 Å². The molecule has 7 unspecified atom stereocenters. The van der Waals surface area contributed by atoms with Crippen LogP contribution in [-0.4, -0.2) is 11.6 Å². The van der Waals surface area contributed by atoms with Gasteiger partial charge in [-0.25, -0.2) is 0 Å². The van der Waals surface area contributed by atoms with Gasteiger partial charge in [0, 0.05) is 18.8 Å². The van der Waals surface area contributed by atoms with Gasteiger partial charge >= 0.3 is 0 Å². The van der Waals surface area contributed by atoms with Gasteiger partial charge in [-0.05, 0) is 42.4 Å². The summed E-state index contributed by atoms with van der Waals surface area (Å²) in [5, 5.41) is 0. The van der Waals surface area contributed by atoms with E-state index in [0.29, 0.717) is 41.2 Å². The molecule has 2 heteroatoms. The Hall–Kier alpha value is -0.920. The molecule has 0 aliphatic heterocycles. The standard InChI is InChI=1S/C15H16O2/c16-10-5-7-4-8-6-11(17)15-3-1-2-9(15)13(10)12(7)14(8)15/h1,3,7-9,12-14H,2,4-6H2. The summed E-state index contributed by atoms with van der Waals surface area (Å²) in [6.07, 6.45) is 8.15. The quantitative estimate of drug-likeness (QED) is 0.594. The van der Waals surface area contributed by atoms with Gasteiger partial charge < -0.3 is 0 Å². The maximum atomic E-state index is 12.5. The molecule has 0 aromatic heterocycles. The molecule has 2 nitrogen and oxygen atoms in total. The van der Waals surface area contributed by atoms with Crippen LogP contribution in [0.3, 0.4) is 0 Å². The summed E-state index contributed by atoms with van der Waals surface area (Å²) in [4.78, 5) is 24.7. The highest BCUT2D eigenvalue weighted by atomic mass is 16.1. The van der Waals surface area contributed by atoms with Crippen LogP contribution in [0.15, 0.2) is 12.2 Å². The Labute approximate surface area is 100 Å². The van der Waals surface area contributed by atoms with E-state index in [9.17, 15) is 9.59 Å². The molecule has 5 rings (SSSR count). The minimum absolute atomic E-state index is 0.176. The predicted molar refractivity (Wildman–Crippen MR) is 61.0 cm³/mol. The van der Waals surface area contributed by atoms with Gasteiger partial charge in [-0.1, -0.05) is 12.2 Å². The van der Waals surface area contributed by atoms with Crippen LogP contribution in [-0.2, 0) is 9.59 Å². The Morgan fingerprint density at radius 2 is 2.06 bits per heavy atom. The minimum atomic E-state index is -0.176.